The van der Waals surface area contributed by atoms with Crippen LogP contribution in [0, 0.1) is 0 Å². The molecule has 1 aliphatic carbocycles. The number of ether oxygens (including phenoxy) is 3. The smallest absolute Gasteiger partial charge is 0.416 e. The van der Waals surface area contributed by atoms with Crippen molar-refractivity contribution in [2.45, 2.75) is 75.4 Å². The maximum Gasteiger partial charge on any atom is 0.416 e. The summed E-state index contributed by atoms with van der Waals surface area (Å²) < 4.78 is 83.6. The fourth-order valence-corrected chi connectivity index (χ4v) is 5.96. The lowest BCUT2D eigenvalue weighted by molar-refractivity contribution is -0.137. The van der Waals surface area contributed by atoms with E-state index in [1.54, 1.807) is 6.92 Å². The van der Waals surface area contributed by atoms with E-state index in [2.05, 4.69) is 9.71 Å². The Morgan fingerprint density at radius 2 is 1.80 bits per heavy atom. The van der Waals surface area contributed by atoms with Gasteiger partial charge in [0.2, 0.25) is 15.9 Å². The Bertz CT molecular complexity index is 1030. The summed E-state index contributed by atoms with van der Waals surface area (Å²) in [7, 11) is -3.51. The first kappa shape index (κ1) is 26.0. The molecule has 9 nitrogen and oxygen atoms in total. The second kappa shape index (κ2) is 10.1. The van der Waals surface area contributed by atoms with Crippen LogP contribution < -0.4 is 9.46 Å². The van der Waals surface area contributed by atoms with Crippen LogP contribution in [0.5, 0.6) is 5.88 Å². The van der Waals surface area contributed by atoms with Crippen molar-refractivity contribution in [2.24, 2.45) is 0 Å². The summed E-state index contributed by atoms with van der Waals surface area (Å²) in [5.74, 6) is -0.325. The van der Waals surface area contributed by atoms with Gasteiger partial charge in [0.05, 0.1) is 30.6 Å². The van der Waals surface area contributed by atoms with E-state index < -0.39 is 39.9 Å². The fourth-order valence-electron chi connectivity index (χ4n) is 5.15. The Hall–Kier alpha value is -2.12. The average Bonchev–Trinajstić information content (AvgIpc) is 3.07. The number of fused-ring (bicyclic) bond motifs is 7. The van der Waals surface area contributed by atoms with E-state index in [0.29, 0.717) is 37.8 Å². The van der Waals surface area contributed by atoms with E-state index in [1.807, 2.05) is 0 Å². The number of carbonyl (C=O) groups is 1. The lowest BCUT2D eigenvalue weighted by atomic mass is 9.84. The Morgan fingerprint density at radius 3 is 2.46 bits per heavy atom. The summed E-state index contributed by atoms with van der Waals surface area (Å²) in [6, 6.07) is 0.537. The lowest BCUT2D eigenvalue weighted by Gasteiger charge is -2.33. The normalized spacial score (nSPS) is 30.5. The van der Waals surface area contributed by atoms with Crippen LogP contribution >= 0.6 is 0 Å². The van der Waals surface area contributed by atoms with Crippen molar-refractivity contribution < 1.29 is 40.6 Å². The molecule has 1 amide bonds. The van der Waals surface area contributed by atoms with Gasteiger partial charge in [-0.05, 0) is 45.1 Å². The van der Waals surface area contributed by atoms with Crippen molar-refractivity contribution in [2.75, 3.05) is 26.1 Å². The number of carbonyl (C=O) groups excluding carboxylic acids is 1. The van der Waals surface area contributed by atoms with E-state index >= 15 is 0 Å². The minimum atomic E-state index is -4.54. The highest BCUT2D eigenvalue weighted by atomic mass is 32.2. The summed E-state index contributed by atoms with van der Waals surface area (Å²) >= 11 is 0. The van der Waals surface area contributed by atoms with Crippen molar-refractivity contribution in [3.63, 3.8) is 0 Å². The number of rotatable bonds is 2. The van der Waals surface area contributed by atoms with Crippen molar-refractivity contribution >= 4 is 16.1 Å². The number of alkyl halides is 3. The van der Waals surface area contributed by atoms with Crippen molar-refractivity contribution in [3.8, 4) is 5.88 Å². The first-order chi connectivity index (χ1) is 16.4. The third kappa shape index (κ3) is 6.36. The molecule has 4 heterocycles. The SMILES string of the molecule is C[C@@H]1C[C@H](NS(C)(=O)=O)C2COC3CCC(CC3)c3cc(C(F)(F)F)cc(n3)OCCOC(=O)N21. The maximum absolute atomic E-state index is 13.5. The molecule has 0 radical (unpaired) electrons. The van der Waals surface area contributed by atoms with Gasteiger partial charge in [0, 0.05) is 29.8 Å². The number of pyridine rings is 1. The molecule has 2 fully saturated rings. The number of sulfonamides is 1. The van der Waals surface area contributed by atoms with Crippen LogP contribution in [-0.2, 0) is 25.7 Å². The molecule has 3 aliphatic heterocycles. The van der Waals surface area contributed by atoms with E-state index in [-0.39, 0.29) is 43.8 Å². The maximum atomic E-state index is 13.5. The molecule has 1 aromatic heterocycles. The second-order valence-electron chi connectivity index (χ2n) is 9.44. The summed E-state index contributed by atoms with van der Waals surface area (Å²) in [5, 5.41) is 0. The number of hydrogen-bond acceptors (Lipinski definition) is 7. The molecule has 1 N–H and O–H groups in total. The van der Waals surface area contributed by atoms with Crippen LogP contribution in [0.15, 0.2) is 12.1 Å². The van der Waals surface area contributed by atoms with E-state index in [9.17, 15) is 26.4 Å². The molecule has 4 aliphatic rings. The molecule has 1 saturated carbocycles. The highest BCUT2D eigenvalue weighted by Crippen LogP contribution is 2.38. The molecule has 3 atom stereocenters. The Kier molecular flexibility index (Phi) is 7.49. The van der Waals surface area contributed by atoms with Crippen LogP contribution in [0.3, 0.4) is 0 Å². The fraction of sp³-hybridized carbons (Fsp3) is 0.727. The van der Waals surface area contributed by atoms with Crippen LogP contribution in [0.1, 0.15) is 56.2 Å². The summed E-state index contributed by atoms with van der Waals surface area (Å²) in [5.41, 5.74) is -0.502. The number of aromatic nitrogens is 1. The van der Waals surface area contributed by atoms with Gasteiger partial charge >= 0.3 is 12.3 Å². The molecule has 1 saturated heterocycles. The van der Waals surface area contributed by atoms with Gasteiger partial charge in [0.15, 0.2) is 0 Å². The second-order valence-corrected chi connectivity index (χ2v) is 11.2. The molecule has 0 spiro atoms. The largest absolute Gasteiger partial charge is 0.474 e. The highest BCUT2D eigenvalue weighted by Gasteiger charge is 2.44. The molecular weight excluding hydrogens is 491 g/mol. The monoisotopic (exact) mass is 521 g/mol. The molecule has 35 heavy (non-hydrogen) atoms. The molecule has 5 rings (SSSR count). The molecular formula is C22H30F3N3O6S. The van der Waals surface area contributed by atoms with E-state index in [1.165, 1.54) is 4.90 Å². The van der Waals surface area contributed by atoms with Crippen LogP contribution in [0.4, 0.5) is 18.0 Å². The van der Waals surface area contributed by atoms with Gasteiger partial charge in [-0.2, -0.15) is 13.2 Å². The van der Waals surface area contributed by atoms with Crippen LogP contribution in [0.2, 0.25) is 0 Å². The molecule has 13 heteroatoms. The van der Waals surface area contributed by atoms with Crippen LogP contribution in [-0.4, -0.2) is 74.7 Å². The van der Waals surface area contributed by atoms with Gasteiger partial charge in [-0.15, -0.1) is 0 Å². The summed E-state index contributed by atoms with van der Waals surface area (Å²) in [6.45, 7) is 1.52. The van der Waals surface area contributed by atoms with Crippen molar-refractivity contribution in [3.05, 3.63) is 23.4 Å². The predicted molar refractivity (Wildman–Crippen MR) is 119 cm³/mol. The zero-order chi connectivity index (χ0) is 25.4. The predicted octanol–water partition coefficient (Wildman–Crippen LogP) is 3.05. The van der Waals surface area contributed by atoms with Gasteiger partial charge in [0.25, 0.3) is 0 Å². The van der Waals surface area contributed by atoms with Gasteiger partial charge in [0.1, 0.15) is 13.2 Å². The summed E-state index contributed by atoms with van der Waals surface area (Å²) in [6.07, 6.45) is -1.50. The Morgan fingerprint density at radius 1 is 1.11 bits per heavy atom. The van der Waals surface area contributed by atoms with Crippen LogP contribution in [0.25, 0.3) is 0 Å². The van der Waals surface area contributed by atoms with Gasteiger partial charge in [-0.3, -0.25) is 4.90 Å². The molecule has 196 valence electrons. The Balaban J connectivity index is 1.58. The lowest BCUT2D eigenvalue weighted by Crippen LogP contribution is -2.50. The number of amides is 1. The number of hydrogen-bond donors (Lipinski definition) is 1. The number of nitrogens with one attached hydrogen (secondary N) is 1. The Labute approximate surface area is 202 Å². The molecule has 1 unspecified atom stereocenters. The van der Waals surface area contributed by atoms with Gasteiger partial charge in [-0.1, -0.05) is 0 Å². The molecule has 4 bridgehead atoms. The highest BCUT2D eigenvalue weighted by molar-refractivity contribution is 7.88. The zero-order valence-electron chi connectivity index (χ0n) is 19.6. The molecule has 1 aromatic rings. The minimum Gasteiger partial charge on any atom is -0.474 e. The van der Waals surface area contributed by atoms with Crippen molar-refractivity contribution in [1.29, 1.82) is 0 Å². The average molecular weight is 522 g/mol. The third-order valence-electron chi connectivity index (χ3n) is 6.77. The van der Waals surface area contributed by atoms with E-state index in [0.717, 1.165) is 18.4 Å². The number of halogens is 3. The van der Waals surface area contributed by atoms with Gasteiger partial charge in [-0.25, -0.2) is 22.9 Å². The van der Waals surface area contributed by atoms with Crippen molar-refractivity contribution in [1.82, 2.24) is 14.6 Å². The van der Waals surface area contributed by atoms with Gasteiger partial charge < -0.3 is 14.2 Å². The topological polar surface area (TPSA) is 107 Å². The van der Waals surface area contributed by atoms with E-state index in [4.69, 9.17) is 14.2 Å². The standard InChI is InChI=1S/C22H30F3N3O6S/c1-13-9-18(27-35(2,30)31)19-12-34-16-5-3-14(4-6-16)17-10-15(22(23,24)25)11-20(26-17)32-7-8-33-21(29)28(13)19/h10-11,13-14,16,18-19,27H,3-9,12H2,1-2H3/t13-,14?,16?,18+,19?/m1/s1. The number of nitrogens with zero attached hydrogens (tertiary/aromatic N) is 2. The minimum absolute atomic E-state index is 0.115. The third-order valence-corrected chi connectivity index (χ3v) is 7.50. The summed E-state index contributed by atoms with van der Waals surface area (Å²) in [4.78, 5) is 18.7. The zero-order valence-corrected chi connectivity index (χ0v) is 20.4. The first-order valence-corrected chi connectivity index (χ1v) is 13.6. The first-order valence-electron chi connectivity index (χ1n) is 11.7. The molecule has 0 aromatic carbocycles. The quantitative estimate of drug-likeness (QED) is 0.638.